The van der Waals surface area contributed by atoms with Gasteiger partial charge in [-0.25, -0.2) is 17.7 Å². The van der Waals surface area contributed by atoms with Crippen LogP contribution in [-0.4, -0.2) is 101 Å². The summed E-state index contributed by atoms with van der Waals surface area (Å²) in [6.07, 6.45) is 0.410. The topological polar surface area (TPSA) is 366 Å². The number of hydrogen-bond donors (Lipinski definition) is 7. The van der Waals surface area contributed by atoms with Crippen molar-refractivity contribution in [2.45, 2.75) is 16.7 Å². The number of rotatable bonds is 19. The molecular formula is C35H28BClCuFN14O11S3. The summed E-state index contributed by atoms with van der Waals surface area (Å²) in [5, 5.41) is 33.5. The minimum atomic E-state index is -4.97. The van der Waals surface area contributed by atoms with Crippen LogP contribution in [0, 0.1) is 13.0 Å². The first-order valence-corrected chi connectivity index (χ1v) is 22.8. The maximum Gasteiger partial charge on any atom is 2.00 e. The molecule has 25 nitrogen and oxygen atoms in total. The molecule has 4 aromatic carbocycles. The van der Waals surface area contributed by atoms with Gasteiger partial charge in [0.2, 0.25) is 29.1 Å². The van der Waals surface area contributed by atoms with Gasteiger partial charge in [0.15, 0.2) is 15.7 Å². The molecule has 6 aromatic rings. The molecule has 0 saturated heterocycles. The standard InChI is InChI=1S/C35H28BClFN14O11S3.Cu/c1-19-7-8-21(18-53)25(15-19)49-51-29(20-5-3-2-4-6-20)52-50-27-17-24(65(57,58)59)16-26(28(27)54)40-33-43-31(38)44-35(46-33)48-36-47-34-42-30(37)41-32(45-34)39-22-9-11-23(12-10-22)64(55,56)14-13-63-66(60,61)62;/h2-12,15-17H,13-14H2,1H3,(H7-,39,40,41,42,43,44,45,46,47,48,49,50,51,52,53,54,57,58,59,60,61,62);/q-2;+2. The second kappa shape index (κ2) is 22.1. The number of aromatic hydroxyl groups is 1. The first kappa shape index (κ1) is 51.2. The average Bonchev–Trinajstić information content (AvgIpc) is 3.24. The quantitative estimate of drug-likeness (QED) is 0.00832. The SMILES string of the molecule is Cc1ccc([C-]=O)c(N=N/C(=N\[N-]c2cc(S(=O)(=O)O)cc(Nc3nc(F)nc(N[B]Nc4nc(Cl)nc(Nc5ccc(S(=O)(=O)CCOS(=O)(=O)O)cc5)n4)n3)c2O)c2ccccc2)c1.[Cu+2]. The Morgan fingerprint density at radius 3 is 2.13 bits per heavy atom. The zero-order valence-corrected chi connectivity index (χ0v) is 37.6. The first-order chi connectivity index (χ1) is 31.2. The molecule has 0 spiro atoms. The van der Waals surface area contributed by atoms with Crippen LogP contribution in [0.2, 0.25) is 5.28 Å². The fraction of sp³-hybridized carbons (Fsp3) is 0.0857. The van der Waals surface area contributed by atoms with Gasteiger partial charge in [-0.05, 0) is 54.5 Å². The van der Waals surface area contributed by atoms with E-state index < -0.39 is 82.7 Å². The van der Waals surface area contributed by atoms with Crippen molar-refractivity contribution < 1.29 is 69.9 Å². The van der Waals surface area contributed by atoms with Crippen molar-refractivity contribution in [3.05, 3.63) is 118 Å². The zero-order chi connectivity index (χ0) is 47.6. The molecule has 0 bridgehead atoms. The summed E-state index contributed by atoms with van der Waals surface area (Å²) in [7, 11) is -12.7. The van der Waals surface area contributed by atoms with Crippen LogP contribution in [0.15, 0.2) is 110 Å². The van der Waals surface area contributed by atoms with Gasteiger partial charge in [0.1, 0.15) is 5.75 Å². The Morgan fingerprint density at radius 2 is 1.48 bits per heavy atom. The number of carbonyl (C=O) groups excluding carboxylic acids is 1. The van der Waals surface area contributed by atoms with E-state index in [9.17, 15) is 44.1 Å². The van der Waals surface area contributed by atoms with E-state index in [1.807, 2.05) is 0 Å². The zero-order valence-electron chi connectivity index (χ0n) is 33.4. The van der Waals surface area contributed by atoms with Crippen molar-refractivity contribution in [3.8, 4) is 5.75 Å². The van der Waals surface area contributed by atoms with Crippen molar-refractivity contribution in [1.82, 2.24) is 29.9 Å². The Hall–Kier alpha value is -6.83. The summed E-state index contributed by atoms with van der Waals surface area (Å²) in [5.74, 6) is -3.02. The van der Waals surface area contributed by atoms with E-state index in [0.717, 1.165) is 25.2 Å². The second-order valence-corrected chi connectivity index (χ2v) is 17.8. The number of hydrogen-bond acceptors (Lipinski definition) is 21. The molecule has 6 rings (SSSR count). The van der Waals surface area contributed by atoms with Crippen LogP contribution < -0.4 is 21.1 Å². The van der Waals surface area contributed by atoms with E-state index in [1.165, 1.54) is 30.3 Å². The van der Waals surface area contributed by atoms with Gasteiger partial charge in [-0.1, -0.05) is 53.7 Å². The van der Waals surface area contributed by atoms with E-state index in [1.54, 1.807) is 55.7 Å². The first-order valence-electron chi connectivity index (χ1n) is 18.0. The molecule has 0 fully saturated rings. The van der Waals surface area contributed by atoms with Gasteiger partial charge in [-0.3, -0.25) is 9.11 Å². The monoisotopic (exact) mass is 1040 g/mol. The molecule has 2 aromatic heterocycles. The minimum Gasteiger partial charge on any atom is -0.571 e. The molecule has 0 unspecified atom stereocenters. The van der Waals surface area contributed by atoms with Crippen LogP contribution in [0.25, 0.3) is 5.43 Å². The van der Waals surface area contributed by atoms with E-state index >= 15 is 0 Å². The van der Waals surface area contributed by atoms with Crippen LogP contribution in [0.5, 0.6) is 5.75 Å². The average molecular weight is 1050 g/mol. The molecule has 2 heterocycles. The number of halogens is 2. The summed E-state index contributed by atoms with van der Waals surface area (Å²) in [6.45, 7) is 0.959. The van der Waals surface area contributed by atoms with Gasteiger partial charge in [-0.15, -0.1) is 16.7 Å². The smallest absolute Gasteiger partial charge is 0.571 e. The Balaban J connectivity index is 0.00000840. The van der Waals surface area contributed by atoms with Gasteiger partial charge in [0.25, 0.3) is 10.1 Å². The predicted molar refractivity (Wildman–Crippen MR) is 235 cm³/mol. The van der Waals surface area contributed by atoms with Gasteiger partial charge in [0.05, 0.1) is 34.1 Å². The Morgan fingerprint density at radius 1 is 0.836 bits per heavy atom. The third-order valence-electron chi connectivity index (χ3n) is 8.08. The number of amidine groups is 1. The van der Waals surface area contributed by atoms with E-state index in [-0.39, 0.29) is 61.9 Å². The molecule has 0 aliphatic carbocycles. The van der Waals surface area contributed by atoms with E-state index in [0.29, 0.717) is 5.56 Å². The summed E-state index contributed by atoms with van der Waals surface area (Å²) in [5.41, 5.74) is 4.62. The van der Waals surface area contributed by atoms with Crippen molar-refractivity contribution in [3.63, 3.8) is 0 Å². The van der Waals surface area contributed by atoms with Gasteiger partial charge in [-0.2, -0.15) is 57.2 Å². The minimum absolute atomic E-state index is 0. The molecular weight excluding hydrogens is 1020 g/mol. The third-order valence-corrected chi connectivity index (χ3v) is 11.2. The van der Waals surface area contributed by atoms with Crippen LogP contribution in [0.3, 0.4) is 0 Å². The van der Waals surface area contributed by atoms with Crippen LogP contribution >= 0.6 is 11.6 Å². The summed E-state index contributed by atoms with van der Waals surface area (Å²) in [6, 6.07) is 19.6. The maximum atomic E-state index is 14.7. The summed E-state index contributed by atoms with van der Waals surface area (Å²) < 4.78 is 108. The van der Waals surface area contributed by atoms with Gasteiger partial charge < -0.3 is 41.5 Å². The molecule has 32 heteroatoms. The fourth-order valence-electron chi connectivity index (χ4n) is 5.12. The van der Waals surface area contributed by atoms with Crippen molar-refractivity contribution in [1.29, 1.82) is 0 Å². The number of phenolic OH excluding ortho intramolecular Hbond substituents is 1. The van der Waals surface area contributed by atoms with Crippen molar-refractivity contribution in [2.24, 2.45) is 15.3 Å². The number of nitrogens with one attached hydrogen (secondary N) is 4. The Bertz CT molecular complexity index is 3190. The normalized spacial score (nSPS) is 11.9. The molecule has 0 saturated carbocycles. The number of aryl methyl sites for hydroxylation is 1. The van der Waals surface area contributed by atoms with Crippen LogP contribution in [-0.2, 0) is 56.4 Å². The largest absolute Gasteiger partial charge is 2.00 e. The van der Waals surface area contributed by atoms with Crippen molar-refractivity contribution >= 4 is 108 Å². The molecule has 0 aliphatic rings. The van der Waals surface area contributed by atoms with Gasteiger partial charge in [0, 0.05) is 11.3 Å². The molecule has 0 atom stereocenters. The summed E-state index contributed by atoms with van der Waals surface area (Å²) in [4.78, 5) is 33.5. The second-order valence-electron chi connectivity index (χ2n) is 12.8. The number of phenols is 1. The molecule has 7 N–H and O–H groups in total. The molecule has 0 amide bonds. The maximum absolute atomic E-state index is 14.7. The number of sulfone groups is 1. The Kier molecular flexibility index (Phi) is 16.9. The predicted octanol–water partition coefficient (Wildman–Crippen LogP) is 4.85. The van der Waals surface area contributed by atoms with E-state index in [4.69, 9.17) is 16.2 Å². The summed E-state index contributed by atoms with van der Waals surface area (Å²) >= 11 is 6.05. The fourth-order valence-corrected chi connectivity index (χ4v) is 7.29. The molecule has 0 aliphatic heterocycles. The third kappa shape index (κ3) is 14.8. The molecule has 67 heavy (non-hydrogen) atoms. The number of aromatic nitrogens is 6. The number of anilines is 6. The molecule has 350 valence electrons. The van der Waals surface area contributed by atoms with Crippen molar-refractivity contribution in [2.75, 3.05) is 33.4 Å². The molecule has 2 radical (unpaired) electrons. The van der Waals surface area contributed by atoms with Crippen LogP contribution in [0.1, 0.15) is 16.7 Å². The van der Waals surface area contributed by atoms with Crippen LogP contribution in [0.4, 0.5) is 50.9 Å². The number of benzene rings is 4. The number of azo groups is 1. The Labute approximate surface area is 395 Å². The van der Waals surface area contributed by atoms with Gasteiger partial charge >= 0.3 is 41.1 Å². The van der Waals surface area contributed by atoms with E-state index in [2.05, 4.69) is 75.9 Å². The number of nitrogens with zero attached hydrogens (tertiary/aromatic N) is 10.